The summed E-state index contributed by atoms with van der Waals surface area (Å²) >= 11 is 0. The van der Waals surface area contributed by atoms with Gasteiger partial charge in [-0.3, -0.25) is 0 Å². The summed E-state index contributed by atoms with van der Waals surface area (Å²) in [5.41, 5.74) is 1.65. The molecule has 2 aromatic rings. The molecule has 0 atom stereocenters. The number of hydrogen-bond acceptors (Lipinski definition) is 5. The molecule has 1 aliphatic rings. The van der Waals surface area contributed by atoms with Crippen LogP contribution in [0.4, 0.5) is 4.79 Å². The van der Waals surface area contributed by atoms with E-state index < -0.39 is 5.60 Å². The van der Waals surface area contributed by atoms with Gasteiger partial charge in [-0.25, -0.2) is 4.79 Å². The van der Waals surface area contributed by atoms with E-state index in [9.17, 15) is 4.79 Å². The van der Waals surface area contributed by atoms with Crippen LogP contribution in [0.1, 0.15) is 32.2 Å². The van der Waals surface area contributed by atoms with Crippen molar-refractivity contribution in [3.8, 4) is 11.4 Å². The maximum absolute atomic E-state index is 11.9. The van der Waals surface area contributed by atoms with Crippen molar-refractivity contribution < 1.29 is 14.1 Å². The van der Waals surface area contributed by atoms with Crippen molar-refractivity contribution in [3.05, 3.63) is 35.7 Å². The van der Waals surface area contributed by atoms with Crippen LogP contribution in [0.2, 0.25) is 0 Å². The minimum atomic E-state index is -0.461. The second-order valence-electron chi connectivity index (χ2n) is 7.34. The lowest BCUT2D eigenvalue weighted by atomic mass is 9.97. The summed E-state index contributed by atoms with van der Waals surface area (Å²) in [6, 6.07) is 8.01. The fraction of sp³-hybridized carbons (Fsp3) is 0.500. The summed E-state index contributed by atoms with van der Waals surface area (Å²) in [4.78, 5) is 18.1. The summed E-state index contributed by atoms with van der Waals surface area (Å²) in [7, 11) is 0. The molecule has 128 valence electrons. The van der Waals surface area contributed by atoms with E-state index in [1.54, 1.807) is 4.90 Å². The first-order valence-corrected chi connectivity index (χ1v) is 8.18. The number of rotatable bonds is 3. The highest BCUT2D eigenvalue weighted by molar-refractivity contribution is 5.69. The van der Waals surface area contributed by atoms with Gasteiger partial charge in [-0.05, 0) is 33.8 Å². The van der Waals surface area contributed by atoms with E-state index >= 15 is 0 Å². The molecule has 0 spiro atoms. The number of amides is 1. The van der Waals surface area contributed by atoms with Gasteiger partial charge in [-0.15, -0.1) is 0 Å². The second kappa shape index (κ2) is 6.26. The first-order valence-electron chi connectivity index (χ1n) is 8.18. The van der Waals surface area contributed by atoms with Gasteiger partial charge in [0, 0.05) is 31.0 Å². The zero-order valence-corrected chi connectivity index (χ0v) is 14.6. The van der Waals surface area contributed by atoms with Crippen LogP contribution < -0.4 is 0 Å². The predicted octanol–water partition coefficient (Wildman–Crippen LogP) is 3.45. The van der Waals surface area contributed by atoms with Crippen LogP contribution in [0.3, 0.4) is 0 Å². The zero-order valence-electron chi connectivity index (χ0n) is 14.6. The van der Waals surface area contributed by atoms with Crippen LogP contribution in [-0.2, 0) is 11.2 Å². The lowest BCUT2D eigenvalue weighted by molar-refractivity contribution is -0.00186. The Hall–Kier alpha value is -2.37. The van der Waals surface area contributed by atoms with Crippen LogP contribution >= 0.6 is 0 Å². The number of nitrogens with zero attached hydrogens (tertiary/aromatic N) is 3. The molecule has 1 fully saturated rings. The number of ether oxygens (including phenoxy) is 1. The van der Waals surface area contributed by atoms with Crippen molar-refractivity contribution in [1.82, 2.24) is 15.0 Å². The van der Waals surface area contributed by atoms with Crippen LogP contribution in [-0.4, -0.2) is 39.8 Å². The van der Waals surface area contributed by atoms with Gasteiger partial charge >= 0.3 is 6.09 Å². The van der Waals surface area contributed by atoms with Crippen molar-refractivity contribution in [3.63, 3.8) is 0 Å². The SMILES string of the molecule is Cc1cccc(-c2noc(CC3CN(C(=O)OC(C)(C)C)C3)n2)c1. The van der Waals surface area contributed by atoms with Crippen LogP contribution in [0, 0.1) is 12.8 Å². The fourth-order valence-corrected chi connectivity index (χ4v) is 2.66. The molecule has 1 aromatic carbocycles. The minimum Gasteiger partial charge on any atom is -0.444 e. The Morgan fingerprint density at radius 3 is 2.79 bits per heavy atom. The van der Waals surface area contributed by atoms with Crippen molar-refractivity contribution >= 4 is 6.09 Å². The molecule has 2 heterocycles. The van der Waals surface area contributed by atoms with Crippen LogP contribution in [0.25, 0.3) is 11.4 Å². The van der Waals surface area contributed by atoms with Gasteiger partial charge in [-0.2, -0.15) is 4.98 Å². The van der Waals surface area contributed by atoms with Crippen LogP contribution in [0.5, 0.6) is 0 Å². The molecular weight excluding hydrogens is 306 g/mol. The molecule has 0 saturated carbocycles. The molecule has 1 aromatic heterocycles. The maximum atomic E-state index is 11.9. The first-order chi connectivity index (χ1) is 11.3. The largest absolute Gasteiger partial charge is 0.444 e. The average Bonchev–Trinajstić information content (AvgIpc) is 2.89. The highest BCUT2D eigenvalue weighted by Gasteiger charge is 2.34. The molecule has 0 unspecified atom stereocenters. The zero-order chi connectivity index (χ0) is 17.3. The monoisotopic (exact) mass is 329 g/mol. The third-order valence-electron chi connectivity index (χ3n) is 3.82. The summed E-state index contributed by atoms with van der Waals surface area (Å²) in [6.07, 6.45) is 0.419. The summed E-state index contributed by atoms with van der Waals surface area (Å²) in [6.45, 7) is 8.96. The lowest BCUT2D eigenvalue weighted by Crippen LogP contribution is -2.52. The number of benzene rings is 1. The number of aromatic nitrogens is 2. The Bertz CT molecular complexity index is 727. The summed E-state index contributed by atoms with van der Waals surface area (Å²) < 4.78 is 10.7. The van der Waals surface area contributed by atoms with E-state index in [-0.39, 0.29) is 6.09 Å². The van der Waals surface area contributed by atoms with E-state index in [1.807, 2.05) is 52.0 Å². The molecule has 0 N–H and O–H groups in total. The summed E-state index contributed by atoms with van der Waals surface area (Å²) in [5.74, 6) is 1.56. The number of aryl methyl sites for hydroxylation is 1. The second-order valence-corrected chi connectivity index (χ2v) is 7.34. The van der Waals surface area contributed by atoms with Gasteiger partial charge < -0.3 is 14.2 Å². The Balaban J connectivity index is 1.53. The first kappa shape index (κ1) is 16.5. The number of carbonyl (C=O) groups is 1. The molecular formula is C18H23N3O3. The number of likely N-dealkylation sites (tertiary alicyclic amines) is 1. The third-order valence-corrected chi connectivity index (χ3v) is 3.82. The Morgan fingerprint density at radius 1 is 1.38 bits per heavy atom. The van der Waals surface area contributed by atoms with Gasteiger partial charge in [0.25, 0.3) is 0 Å². The lowest BCUT2D eigenvalue weighted by Gasteiger charge is -2.39. The van der Waals surface area contributed by atoms with E-state index in [4.69, 9.17) is 9.26 Å². The Labute approximate surface area is 141 Å². The van der Waals surface area contributed by atoms with E-state index in [0.29, 0.717) is 37.1 Å². The molecule has 6 heteroatoms. The predicted molar refractivity (Wildman–Crippen MR) is 89.5 cm³/mol. The van der Waals surface area contributed by atoms with E-state index in [1.165, 1.54) is 0 Å². The molecule has 1 aliphatic heterocycles. The highest BCUT2D eigenvalue weighted by atomic mass is 16.6. The topological polar surface area (TPSA) is 68.5 Å². The maximum Gasteiger partial charge on any atom is 0.410 e. The van der Waals surface area contributed by atoms with Gasteiger partial charge in [0.05, 0.1) is 0 Å². The van der Waals surface area contributed by atoms with Crippen LogP contribution in [0.15, 0.2) is 28.8 Å². The van der Waals surface area contributed by atoms with Gasteiger partial charge in [0.15, 0.2) is 0 Å². The summed E-state index contributed by atoms with van der Waals surface area (Å²) in [5, 5.41) is 4.05. The number of hydrogen-bond donors (Lipinski definition) is 0. The van der Waals surface area contributed by atoms with E-state index in [2.05, 4.69) is 10.1 Å². The smallest absolute Gasteiger partial charge is 0.410 e. The van der Waals surface area contributed by atoms with Crippen molar-refractivity contribution in [1.29, 1.82) is 0 Å². The molecule has 0 bridgehead atoms. The van der Waals surface area contributed by atoms with E-state index in [0.717, 1.165) is 11.1 Å². The number of carbonyl (C=O) groups excluding carboxylic acids is 1. The van der Waals surface area contributed by atoms with Crippen molar-refractivity contribution in [2.24, 2.45) is 5.92 Å². The van der Waals surface area contributed by atoms with Gasteiger partial charge in [0.2, 0.25) is 11.7 Å². The Kier molecular flexibility index (Phi) is 4.30. The fourth-order valence-electron chi connectivity index (χ4n) is 2.66. The quantitative estimate of drug-likeness (QED) is 0.862. The Morgan fingerprint density at radius 2 is 2.12 bits per heavy atom. The molecule has 24 heavy (non-hydrogen) atoms. The standard InChI is InChI=1S/C18H23N3O3/c1-12-6-5-7-14(8-12)16-19-15(24-20-16)9-13-10-21(11-13)17(22)23-18(2,3)4/h5-8,13H,9-11H2,1-4H3. The molecule has 1 amide bonds. The van der Waals surface area contributed by atoms with Crippen molar-refractivity contribution in [2.45, 2.75) is 39.7 Å². The molecule has 3 rings (SSSR count). The highest BCUT2D eigenvalue weighted by Crippen LogP contribution is 2.24. The average molecular weight is 329 g/mol. The molecule has 0 aliphatic carbocycles. The van der Waals surface area contributed by atoms with Gasteiger partial charge in [0.1, 0.15) is 5.60 Å². The normalized spacial score (nSPS) is 15.2. The molecule has 1 saturated heterocycles. The molecule has 0 radical (unpaired) electrons. The third kappa shape index (κ3) is 3.93. The minimum absolute atomic E-state index is 0.260. The van der Waals surface area contributed by atoms with Gasteiger partial charge in [-0.1, -0.05) is 28.9 Å². The molecule has 6 nitrogen and oxygen atoms in total. The van der Waals surface area contributed by atoms with Crippen molar-refractivity contribution in [2.75, 3.05) is 13.1 Å².